The van der Waals surface area contributed by atoms with Gasteiger partial charge >= 0.3 is 0 Å². The van der Waals surface area contributed by atoms with Gasteiger partial charge in [-0.15, -0.1) is 0 Å². The third-order valence-electron chi connectivity index (χ3n) is 3.48. The van der Waals surface area contributed by atoms with E-state index in [1.807, 2.05) is 4.90 Å². The smallest absolute Gasteiger partial charge is 0.227 e. The predicted octanol–water partition coefficient (Wildman–Crippen LogP) is 3.66. The molecule has 0 radical (unpaired) electrons. The van der Waals surface area contributed by atoms with Crippen molar-refractivity contribution in [2.45, 2.75) is 19.3 Å². The monoisotopic (exact) mass is 347 g/mol. The second-order valence-electron chi connectivity index (χ2n) is 4.88. The van der Waals surface area contributed by atoms with Gasteiger partial charge in [-0.05, 0) is 30.9 Å². The normalized spacial score (nSPS) is 19.5. The average molecular weight is 349 g/mol. The number of carbonyl (C=O) groups excluding carboxylic acids is 1. The summed E-state index contributed by atoms with van der Waals surface area (Å²) < 4.78 is 13.7. The Kier molecular flexibility index (Phi) is 5.22. The van der Waals surface area contributed by atoms with Gasteiger partial charge in [0, 0.05) is 29.0 Å². The predicted molar refractivity (Wildman–Crippen MR) is 78.2 cm³/mol. The molecule has 1 aromatic carbocycles. The van der Waals surface area contributed by atoms with Crippen LogP contribution in [-0.2, 0) is 11.2 Å². The molecular formula is C14H16BrClFNO. The van der Waals surface area contributed by atoms with E-state index in [4.69, 9.17) is 11.6 Å². The Morgan fingerprint density at radius 2 is 2.32 bits per heavy atom. The van der Waals surface area contributed by atoms with Crippen molar-refractivity contribution < 1.29 is 9.18 Å². The molecule has 0 spiro atoms. The van der Waals surface area contributed by atoms with Gasteiger partial charge in [-0.3, -0.25) is 4.79 Å². The van der Waals surface area contributed by atoms with Crippen molar-refractivity contribution in [3.63, 3.8) is 0 Å². The van der Waals surface area contributed by atoms with Gasteiger partial charge < -0.3 is 4.90 Å². The summed E-state index contributed by atoms with van der Waals surface area (Å²) in [4.78, 5) is 14.0. The van der Waals surface area contributed by atoms with Gasteiger partial charge in [0.2, 0.25) is 5.91 Å². The van der Waals surface area contributed by atoms with Gasteiger partial charge in [-0.25, -0.2) is 4.39 Å². The zero-order chi connectivity index (χ0) is 13.8. The summed E-state index contributed by atoms with van der Waals surface area (Å²) >= 11 is 9.41. The van der Waals surface area contributed by atoms with E-state index in [9.17, 15) is 9.18 Å². The van der Waals surface area contributed by atoms with Crippen LogP contribution in [0.1, 0.15) is 18.4 Å². The van der Waals surface area contributed by atoms with Crippen LogP contribution in [-0.4, -0.2) is 29.2 Å². The van der Waals surface area contributed by atoms with E-state index in [1.54, 1.807) is 12.1 Å². The number of benzene rings is 1. The lowest BCUT2D eigenvalue weighted by Crippen LogP contribution is -2.41. The molecule has 1 atom stereocenters. The summed E-state index contributed by atoms with van der Waals surface area (Å²) in [5.41, 5.74) is 0.301. The van der Waals surface area contributed by atoms with E-state index < -0.39 is 5.82 Å². The summed E-state index contributed by atoms with van der Waals surface area (Å²) in [6.45, 7) is 1.50. The molecule has 1 saturated heterocycles. The Morgan fingerprint density at radius 3 is 3.00 bits per heavy atom. The molecule has 1 aromatic rings. The maximum atomic E-state index is 13.7. The third kappa shape index (κ3) is 3.69. The first-order valence-corrected chi connectivity index (χ1v) is 7.88. The molecule has 1 fully saturated rings. The fraction of sp³-hybridized carbons (Fsp3) is 0.500. The molecule has 2 rings (SSSR count). The second-order valence-corrected chi connectivity index (χ2v) is 5.93. The number of likely N-dealkylation sites (tertiary alicyclic amines) is 1. The number of carbonyl (C=O) groups is 1. The number of piperidine rings is 1. The quantitative estimate of drug-likeness (QED) is 0.764. The molecule has 1 aliphatic heterocycles. The van der Waals surface area contributed by atoms with Crippen LogP contribution in [0, 0.1) is 11.7 Å². The number of alkyl halides is 1. The van der Waals surface area contributed by atoms with Gasteiger partial charge in [0.15, 0.2) is 0 Å². The molecular weight excluding hydrogens is 333 g/mol. The van der Waals surface area contributed by atoms with Crippen molar-refractivity contribution >= 4 is 33.4 Å². The minimum Gasteiger partial charge on any atom is -0.342 e. The van der Waals surface area contributed by atoms with Crippen molar-refractivity contribution in [2.75, 3.05) is 18.4 Å². The fourth-order valence-electron chi connectivity index (χ4n) is 2.38. The van der Waals surface area contributed by atoms with Crippen LogP contribution in [0.5, 0.6) is 0 Å². The van der Waals surface area contributed by atoms with E-state index in [2.05, 4.69) is 15.9 Å². The van der Waals surface area contributed by atoms with E-state index >= 15 is 0 Å². The van der Waals surface area contributed by atoms with Crippen LogP contribution in [0.15, 0.2) is 18.2 Å². The summed E-state index contributed by atoms with van der Waals surface area (Å²) in [5.74, 6) is 0.0429. The topological polar surface area (TPSA) is 20.3 Å². The highest BCUT2D eigenvalue weighted by Gasteiger charge is 2.24. The van der Waals surface area contributed by atoms with Crippen LogP contribution in [0.4, 0.5) is 4.39 Å². The molecule has 19 heavy (non-hydrogen) atoms. The van der Waals surface area contributed by atoms with Gasteiger partial charge in [-0.2, -0.15) is 0 Å². The molecule has 0 bridgehead atoms. The molecule has 0 saturated carbocycles. The number of nitrogens with zero attached hydrogens (tertiary/aromatic N) is 1. The summed E-state index contributed by atoms with van der Waals surface area (Å²) in [6, 6.07) is 4.50. The van der Waals surface area contributed by atoms with Crippen molar-refractivity contribution in [1.82, 2.24) is 4.90 Å². The minimum absolute atomic E-state index is 0.0422. The highest BCUT2D eigenvalue weighted by atomic mass is 79.9. The van der Waals surface area contributed by atoms with Crippen LogP contribution >= 0.6 is 27.5 Å². The molecule has 0 aliphatic carbocycles. The third-order valence-corrected chi connectivity index (χ3v) is 4.75. The number of hydrogen-bond acceptors (Lipinski definition) is 1. The highest BCUT2D eigenvalue weighted by Crippen LogP contribution is 2.22. The van der Waals surface area contributed by atoms with E-state index in [-0.39, 0.29) is 12.3 Å². The van der Waals surface area contributed by atoms with Gasteiger partial charge in [-0.1, -0.05) is 33.6 Å². The van der Waals surface area contributed by atoms with Crippen LogP contribution in [0.3, 0.4) is 0 Å². The Labute approximate surface area is 126 Å². The molecule has 2 nitrogen and oxygen atoms in total. The van der Waals surface area contributed by atoms with Crippen molar-refractivity contribution in [1.29, 1.82) is 0 Å². The van der Waals surface area contributed by atoms with Crippen LogP contribution < -0.4 is 0 Å². The summed E-state index contributed by atoms with van der Waals surface area (Å²) in [6.07, 6.45) is 2.18. The molecule has 104 valence electrons. The lowest BCUT2D eigenvalue weighted by atomic mass is 9.99. The zero-order valence-electron chi connectivity index (χ0n) is 10.5. The highest BCUT2D eigenvalue weighted by molar-refractivity contribution is 9.09. The minimum atomic E-state index is -0.407. The first kappa shape index (κ1) is 14.8. The standard InChI is InChI=1S/C14H16BrClFNO/c15-8-10-3-2-6-18(9-10)14(19)7-11-12(16)4-1-5-13(11)17/h1,4-5,10H,2-3,6-9H2. The van der Waals surface area contributed by atoms with E-state index in [0.717, 1.165) is 31.3 Å². The molecule has 1 amide bonds. The Bertz CT molecular complexity index is 449. The van der Waals surface area contributed by atoms with E-state index in [0.29, 0.717) is 16.5 Å². The molecule has 1 unspecified atom stereocenters. The van der Waals surface area contributed by atoms with Gasteiger partial charge in [0.1, 0.15) is 5.82 Å². The van der Waals surface area contributed by atoms with Gasteiger partial charge in [0.05, 0.1) is 6.42 Å². The largest absolute Gasteiger partial charge is 0.342 e. The molecule has 5 heteroatoms. The Hall–Kier alpha value is -0.610. The maximum absolute atomic E-state index is 13.7. The van der Waals surface area contributed by atoms with Gasteiger partial charge in [0.25, 0.3) is 0 Å². The lowest BCUT2D eigenvalue weighted by Gasteiger charge is -2.32. The molecule has 0 N–H and O–H groups in total. The Morgan fingerprint density at radius 1 is 1.53 bits per heavy atom. The summed E-state index contributed by atoms with van der Waals surface area (Å²) in [7, 11) is 0. The van der Waals surface area contributed by atoms with Crippen molar-refractivity contribution in [2.24, 2.45) is 5.92 Å². The van der Waals surface area contributed by atoms with Crippen LogP contribution in [0.25, 0.3) is 0 Å². The first-order valence-electron chi connectivity index (χ1n) is 6.38. The average Bonchev–Trinajstić information content (AvgIpc) is 2.43. The van der Waals surface area contributed by atoms with Crippen molar-refractivity contribution in [3.8, 4) is 0 Å². The zero-order valence-corrected chi connectivity index (χ0v) is 12.9. The van der Waals surface area contributed by atoms with Crippen molar-refractivity contribution in [3.05, 3.63) is 34.6 Å². The lowest BCUT2D eigenvalue weighted by molar-refractivity contribution is -0.132. The number of rotatable bonds is 3. The number of amides is 1. The molecule has 0 aromatic heterocycles. The molecule has 1 aliphatic rings. The van der Waals surface area contributed by atoms with E-state index in [1.165, 1.54) is 6.07 Å². The van der Waals surface area contributed by atoms with Crippen LogP contribution in [0.2, 0.25) is 5.02 Å². The molecule has 1 heterocycles. The summed E-state index contributed by atoms with van der Waals surface area (Å²) in [5, 5.41) is 1.22. The Balaban J connectivity index is 2.04. The first-order chi connectivity index (χ1) is 9.11. The number of halogens is 3. The number of hydrogen-bond donors (Lipinski definition) is 0. The second kappa shape index (κ2) is 6.71. The maximum Gasteiger partial charge on any atom is 0.227 e. The SMILES string of the molecule is O=C(Cc1c(F)cccc1Cl)N1CCCC(CBr)C1. The fourth-order valence-corrected chi connectivity index (χ4v) is 3.14.